The molecule has 7 atom stereocenters. The van der Waals surface area contributed by atoms with E-state index in [2.05, 4.69) is 55.5 Å². The van der Waals surface area contributed by atoms with Gasteiger partial charge in [-0.15, -0.1) is 0 Å². The third-order valence-corrected chi connectivity index (χ3v) is 18.5. The summed E-state index contributed by atoms with van der Waals surface area (Å²) in [6, 6.07) is 1.67. The second-order valence-corrected chi connectivity index (χ2v) is 17.7. The third kappa shape index (κ3) is 5.02. The Morgan fingerprint density at radius 2 is 1.09 bits per heavy atom. The smallest absolute Gasteiger partial charge is 0.0641 e. The molecule has 34 heavy (non-hydrogen) atoms. The molecule has 0 spiro atoms. The van der Waals surface area contributed by atoms with Crippen LogP contribution in [-0.4, -0.2) is 8.07 Å². The summed E-state index contributed by atoms with van der Waals surface area (Å²) < 4.78 is 0. The molecule has 0 saturated heterocycles. The van der Waals surface area contributed by atoms with Gasteiger partial charge < -0.3 is 0 Å². The molecule has 0 nitrogen and oxygen atoms in total. The monoisotopic (exact) mass is 476 g/mol. The first-order valence-electron chi connectivity index (χ1n) is 15.5. The lowest BCUT2D eigenvalue weighted by molar-refractivity contribution is 0.445. The SMILES string of the molecule is CCCCCCCCC[Si](C1CCCCC1)(C1CCC2C=CC=CC21)[C@H]1CCC2C=CC=CC21. The van der Waals surface area contributed by atoms with Gasteiger partial charge in [0, 0.05) is 0 Å². The fourth-order valence-corrected chi connectivity index (χ4v) is 18.5. The van der Waals surface area contributed by atoms with Gasteiger partial charge in [-0.3, -0.25) is 0 Å². The maximum atomic E-state index is 2.70. The molecule has 5 aliphatic rings. The number of unbranched alkanes of at least 4 members (excludes halogenated alkanes) is 6. The van der Waals surface area contributed by atoms with Gasteiger partial charge in [0.15, 0.2) is 0 Å². The maximum absolute atomic E-state index is 2.70. The molecule has 0 N–H and O–H groups in total. The van der Waals surface area contributed by atoms with Crippen molar-refractivity contribution in [1.82, 2.24) is 0 Å². The zero-order valence-corrected chi connectivity index (χ0v) is 23.2. The van der Waals surface area contributed by atoms with Crippen molar-refractivity contribution in [2.75, 3.05) is 0 Å². The highest BCUT2D eigenvalue weighted by Gasteiger charge is 2.59. The summed E-state index contributed by atoms with van der Waals surface area (Å²) in [7, 11) is -1.49. The number of hydrogen-bond acceptors (Lipinski definition) is 0. The van der Waals surface area contributed by atoms with E-state index in [1.165, 1.54) is 70.6 Å². The minimum atomic E-state index is -1.49. The summed E-state index contributed by atoms with van der Waals surface area (Å²) >= 11 is 0. The predicted molar refractivity (Wildman–Crippen MR) is 152 cm³/mol. The summed E-state index contributed by atoms with van der Waals surface area (Å²) in [4.78, 5) is 0. The van der Waals surface area contributed by atoms with Crippen LogP contribution >= 0.6 is 0 Å². The van der Waals surface area contributed by atoms with Gasteiger partial charge in [0.1, 0.15) is 0 Å². The molecule has 6 unspecified atom stereocenters. The van der Waals surface area contributed by atoms with Crippen molar-refractivity contribution in [3.05, 3.63) is 48.6 Å². The molecule has 0 aliphatic heterocycles. The van der Waals surface area contributed by atoms with Crippen LogP contribution in [0.1, 0.15) is 110 Å². The Bertz CT molecular complexity index is 707. The largest absolute Gasteiger partial charge is 0.0808 e. The lowest BCUT2D eigenvalue weighted by atomic mass is 9.91. The zero-order valence-electron chi connectivity index (χ0n) is 22.2. The fraction of sp³-hybridized carbons (Fsp3) is 0.758. The van der Waals surface area contributed by atoms with Gasteiger partial charge in [0.2, 0.25) is 0 Å². The molecule has 5 rings (SSSR count). The van der Waals surface area contributed by atoms with Crippen LogP contribution in [0.4, 0.5) is 0 Å². The number of rotatable bonds is 11. The standard InChI is InChI=1S/C33H52Si/c1-2-3-4-5-6-7-15-26-34(29-18-9-8-10-19-29,32-24-22-27-16-11-13-20-30(27)32)33-25-23-28-17-12-14-21-31(28)33/h11-14,16-17,20-21,27-33H,2-10,15,18-19,22-26H2,1H3/t27?,28?,30?,31?,32-,33?,34?/m0/s1. The second-order valence-electron chi connectivity index (χ2n) is 12.7. The van der Waals surface area contributed by atoms with Crippen molar-refractivity contribution in [1.29, 1.82) is 0 Å². The molecule has 3 fully saturated rings. The number of allylic oxidation sites excluding steroid dienone is 8. The molecule has 0 amide bonds. The first kappa shape index (κ1) is 24.9. The van der Waals surface area contributed by atoms with Crippen molar-refractivity contribution in [2.24, 2.45) is 23.7 Å². The Hall–Kier alpha value is -0.823. The average Bonchev–Trinajstić information content (AvgIpc) is 3.52. The lowest BCUT2D eigenvalue weighted by Gasteiger charge is -2.53. The molecule has 0 aromatic carbocycles. The summed E-state index contributed by atoms with van der Waals surface area (Å²) in [5, 5.41) is 0. The van der Waals surface area contributed by atoms with E-state index in [0.717, 1.165) is 40.3 Å². The van der Waals surface area contributed by atoms with Crippen LogP contribution in [0.5, 0.6) is 0 Å². The number of hydrogen-bond donors (Lipinski definition) is 0. The van der Waals surface area contributed by atoms with E-state index in [1.807, 2.05) is 0 Å². The summed E-state index contributed by atoms with van der Waals surface area (Å²) in [6.07, 6.45) is 44.3. The highest BCUT2D eigenvalue weighted by molar-refractivity contribution is 6.84. The van der Waals surface area contributed by atoms with Gasteiger partial charge in [0.25, 0.3) is 0 Å². The van der Waals surface area contributed by atoms with Crippen LogP contribution in [0.15, 0.2) is 48.6 Å². The van der Waals surface area contributed by atoms with Crippen LogP contribution in [0.2, 0.25) is 22.7 Å². The van der Waals surface area contributed by atoms with E-state index >= 15 is 0 Å². The van der Waals surface area contributed by atoms with Crippen LogP contribution in [-0.2, 0) is 0 Å². The van der Waals surface area contributed by atoms with E-state index in [0.29, 0.717) is 0 Å². The molecule has 3 saturated carbocycles. The summed E-state index contributed by atoms with van der Waals surface area (Å²) in [5.41, 5.74) is 3.24. The average molecular weight is 477 g/mol. The predicted octanol–water partition coefficient (Wildman–Crippen LogP) is 10.6. The van der Waals surface area contributed by atoms with Crippen molar-refractivity contribution < 1.29 is 0 Å². The molecular formula is C33H52Si. The van der Waals surface area contributed by atoms with Crippen LogP contribution < -0.4 is 0 Å². The zero-order chi connectivity index (χ0) is 23.2. The molecule has 1 heteroatoms. The Kier molecular flexibility index (Phi) is 8.73. The van der Waals surface area contributed by atoms with Gasteiger partial charge in [-0.1, -0.05) is 151 Å². The van der Waals surface area contributed by atoms with E-state index < -0.39 is 8.07 Å². The molecule has 0 aromatic rings. The van der Waals surface area contributed by atoms with Gasteiger partial charge in [-0.25, -0.2) is 0 Å². The highest BCUT2D eigenvalue weighted by atomic mass is 28.3. The number of fused-ring (bicyclic) bond motifs is 2. The topological polar surface area (TPSA) is 0 Å². The Balaban J connectivity index is 1.43. The second kappa shape index (κ2) is 11.9. The molecule has 188 valence electrons. The minimum Gasteiger partial charge on any atom is -0.0808 e. The first-order chi connectivity index (χ1) is 16.8. The Labute approximate surface area is 212 Å². The van der Waals surface area contributed by atoms with Crippen LogP contribution in [0, 0.1) is 23.7 Å². The third-order valence-electron chi connectivity index (χ3n) is 11.1. The van der Waals surface area contributed by atoms with E-state index in [9.17, 15) is 0 Å². The van der Waals surface area contributed by atoms with Gasteiger partial charge in [-0.2, -0.15) is 0 Å². The van der Waals surface area contributed by atoms with Crippen LogP contribution in [0.3, 0.4) is 0 Å². The van der Waals surface area contributed by atoms with E-state index in [1.54, 1.807) is 38.1 Å². The molecule has 0 heterocycles. The fourth-order valence-electron chi connectivity index (χ4n) is 9.65. The summed E-state index contributed by atoms with van der Waals surface area (Å²) in [6.45, 7) is 2.34. The minimum absolute atomic E-state index is 0.860. The lowest BCUT2D eigenvalue weighted by Crippen LogP contribution is -2.52. The highest BCUT2D eigenvalue weighted by Crippen LogP contribution is 2.65. The van der Waals surface area contributed by atoms with Crippen molar-refractivity contribution in [3.63, 3.8) is 0 Å². The van der Waals surface area contributed by atoms with Gasteiger partial charge >= 0.3 is 0 Å². The van der Waals surface area contributed by atoms with Gasteiger partial charge in [0.05, 0.1) is 8.07 Å². The maximum Gasteiger partial charge on any atom is 0.0641 e. The molecule has 0 radical (unpaired) electrons. The quantitative estimate of drug-likeness (QED) is 0.205. The van der Waals surface area contributed by atoms with E-state index in [-0.39, 0.29) is 0 Å². The molecule has 0 aromatic heterocycles. The Morgan fingerprint density at radius 1 is 0.559 bits per heavy atom. The van der Waals surface area contributed by atoms with Crippen molar-refractivity contribution in [3.8, 4) is 0 Å². The Morgan fingerprint density at radius 3 is 1.68 bits per heavy atom. The summed E-state index contributed by atoms with van der Waals surface area (Å²) in [5.74, 6) is 3.48. The molecular weight excluding hydrogens is 424 g/mol. The first-order valence-corrected chi connectivity index (χ1v) is 18.0. The molecule has 5 aliphatic carbocycles. The molecule has 0 bridgehead atoms. The van der Waals surface area contributed by atoms with Gasteiger partial charge in [-0.05, 0) is 53.1 Å². The van der Waals surface area contributed by atoms with Crippen molar-refractivity contribution in [2.45, 2.75) is 132 Å². The van der Waals surface area contributed by atoms with Crippen LogP contribution in [0.25, 0.3) is 0 Å². The van der Waals surface area contributed by atoms with E-state index in [4.69, 9.17) is 0 Å². The normalized spacial score (nSPS) is 36.5. The van der Waals surface area contributed by atoms with Crippen molar-refractivity contribution >= 4 is 8.07 Å².